The summed E-state index contributed by atoms with van der Waals surface area (Å²) in [5, 5.41) is 4.49. The molecular weight excluding hydrogens is 346 g/mol. The maximum absolute atomic E-state index is 12.5. The van der Waals surface area contributed by atoms with Crippen molar-refractivity contribution in [3.05, 3.63) is 55.7 Å². The van der Waals surface area contributed by atoms with Crippen LogP contribution in [0.25, 0.3) is 11.1 Å². The molecule has 1 N–H and O–H groups in total. The number of aryl methyl sites for hydroxylation is 1. The van der Waals surface area contributed by atoms with Crippen LogP contribution in [0.4, 0.5) is 0 Å². The summed E-state index contributed by atoms with van der Waals surface area (Å²) in [6, 6.07) is 1.28. The molecule has 7 heteroatoms. The molecule has 0 unspecified atom stereocenters. The van der Waals surface area contributed by atoms with E-state index in [0.29, 0.717) is 17.4 Å². The lowest BCUT2D eigenvalue weighted by atomic mass is 9.92. The standard InChI is InChI=1S/C20H21N3O4/c1-2-3-6-13-11-16(24)26-19-17(13)18(25)21-20(22-19)27-23-15-10-5-8-12-7-4-9-14(12)15/h4,9,11H,2-3,5-8,10H2,1H3,(H,21,22,25). The maximum atomic E-state index is 12.5. The van der Waals surface area contributed by atoms with E-state index in [-0.39, 0.29) is 11.7 Å². The third kappa shape index (κ3) is 3.49. The Labute approximate surface area is 155 Å². The van der Waals surface area contributed by atoms with Crippen molar-refractivity contribution in [2.75, 3.05) is 0 Å². The van der Waals surface area contributed by atoms with Crippen LogP contribution in [0, 0.1) is 0 Å². The average molecular weight is 367 g/mol. The number of rotatable bonds is 5. The number of fused-ring (bicyclic) bond motifs is 1. The van der Waals surface area contributed by atoms with Crippen molar-refractivity contribution in [3.8, 4) is 6.01 Å². The Bertz CT molecular complexity index is 1090. The largest absolute Gasteiger partial charge is 0.403 e. The minimum Gasteiger partial charge on any atom is -0.403 e. The third-order valence-corrected chi connectivity index (χ3v) is 4.95. The Kier molecular flexibility index (Phi) is 4.75. The fourth-order valence-corrected chi connectivity index (χ4v) is 3.62. The fraction of sp³-hybridized carbons (Fsp3) is 0.400. The van der Waals surface area contributed by atoms with Crippen molar-refractivity contribution in [1.82, 2.24) is 9.97 Å². The third-order valence-electron chi connectivity index (χ3n) is 4.95. The fourth-order valence-electron chi connectivity index (χ4n) is 3.62. The second-order valence-electron chi connectivity index (χ2n) is 6.85. The number of aromatic nitrogens is 2. The van der Waals surface area contributed by atoms with E-state index in [1.807, 2.05) is 6.92 Å². The molecule has 0 aliphatic heterocycles. The molecule has 0 fully saturated rings. The molecular formula is C20H21N3O4. The van der Waals surface area contributed by atoms with Crippen LogP contribution < -0.4 is 16.0 Å². The molecule has 0 atom stereocenters. The normalized spacial score (nSPS) is 17.7. The van der Waals surface area contributed by atoms with Gasteiger partial charge in [0.2, 0.25) is 5.71 Å². The van der Waals surface area contributed by atoms with E-state index >= 15 is 0 Å². The van der Waals surface area contributed by atoms with Gasteiger partial charge in [-0.3, -0.25) is 9.78 Å². The summed E-state index contributed by atoms with van der Waals surface area (Å²) in [5.74, 6) is 0. The number of aromatic amines is 1. The van der Waals surface area contributed by atoms with Crippen molar-refractivity contribution in [2.24, 2.45) is 5.16 Å². The summed E-state index contributed by atoms with van der Waals surface area (Å²) in [5.41, 5.74) is 3.06. The van der Waals surface area contributed by atoms with Gasteiger partial charge in [0.1, 0.15) is 5.39 Å². The molecule has 0 bridgehead atoms. The Morgan fingerprint density at radius 3 is 3.07 bits per heavy atom. The molecule has 0 radical (unpaired) electrons. The predicted octanol–water partition coefficient (Wildman–Crippen LogP) is 3.39. The van der Waals surface area contributed by atoms with Gasteiger partial charge in [0.25, 0.3) is 5.56 Å². The first-order valence-electron chi connectivity index (χ1n) is 9.35. The second-order valence-corrected chi connectivity index (χ2v) is 6.85. The highest BCUT2D eigenvalue weighted by atomic mass is 16.6. The van der Waals surface area contributed by atoms with E-state index in [0.717, 1.165) is 49.8 Å². The number of oxime groups is 1. The lowest BCUT2D eigenvalue weighted by Crippen LogP contribution is -2.15. The van der Waals surface area contributed by atoms with Crippen LogP contribution in [0.5, 0.6) is 6.01 Å². The number of hydrogen-bond acceptors (Lipinski definition) is 6. The Balaban J connectivity index is 1.68. The Morgan fingerprint density at radius 1 is 1.33 bits per heavy atom. The van der Waals surface area contributed by atoms with Crippen LogP contribution in [0.15, 0.2) is 48.5 Å². The summed E-state index contributed by atoms with van der Waals surface area (Å²) in [4.78, 5) is 36.5. The zero-order valence-corrected chi connectivity index (χ0v) is 15.2. The van der Waals surface area contributed by atoms with Crippen LogP contribution in [-0.4, -0.2) is 15.7 Å². The minimum atomic E-state index is -0.526. The summed E-state index contributed by atoms with van der Waals surface area (Å²) in [6.07, 6.45) is 10.5. The van der Waals surface area contributed by atoms with Gasteiger partial charge < -0.3 is 9.25 Å². The quantitative estimate of drug-likeness (QED) is 0.817. The number of nitrogens with zero attached hydrogens (tertiary/aromatic N) is 2. The molecule has 0 spiro atoms. The van der Waals surface area contributed by atoms with Gasteiger partial charge in [-0.15, -0.1) is 0 Å². The number of H-pyrrole nitrogens is 1. The minimum absolute atomic E-state index is 0.0168. The molecule has 2 heterocycles. The van der Waals surface area contributed by atoms with Crippen LogP contribution >= 0.6 is 0 Å². The smallest absolute Gasteiger partial charge is 0.337 e. The van der Waals surface area contributed by atoms with E-state index in [1.54, 1.807) is 0 Å². The average Bonchev–Trinajstić information content (AvgIpc) is 3.13. The Hall–Kier alpha value is -2.96. The van der Waals surface area contributed by atoms with Gasteiger partial charge in [-0.25, -0.2) is 4.79 Å². The van der Waals surface area contributed by atoms with Crippen molar-refractivity contribution >= 4 is 16.8 Å². The SMILES string of the molecule is CCCCc1cc(=O)oc2nc(ON=C3CCCC4=C3C=CC4)[nH]c(=O)c12. The molecule has 2 aliphatic rings. The number of nitrogens with one attached hydrogen (secondary N) is 1. The molecule has 27 heavy (non-hydrogen) atoms. The lowest BCUT2D eigenvalue weighted by Gasteiger charge is -2.15. The van der Waals surface area contributed by atoms with Crippen LogP contribution in [0.3, 0.4) is 0 Å². The first kappa shape index (κ1) is 17.5. The number of unbranched alkanes of at least 4 members (excludes halogenated alkanes) is 1. The highest BCUT2D eigenvalue weighted by Gasteiger charge is 2.20. The molecule has 0 amide bonds. The lowest BCUT2D eigenvalue weighted by molar-refractivity contribution is 0.309. The van der Waals surface area contributed by atoms with Gasteiger partial charge in [0.15, 0.2) is 0 Å². The second kappa shape index (κ2) is 7.34. The van der Waals surface area contributed by atoms with Gasteiger partial charge >= 0.3 is 11.6 Å². The summed E-state index contributed by atoms with van der Waals surface area (Å²) < 4.78 is 5.13. The van der Waals surface area contributed by atoms with Crippen molar-refractivity contribution in [3.63, 3.8) is 0 Å². The van der Waals surface area contributed by atoms with Crippen molar-refractivity contribution in [1.29, 1.82) is 0 Å². The molecule has 2 aromatic heterocycles. The molecule has 7 nitrogen and oxygen atoms in total. The van der Waals surface area contributed by atoms with Crippen LogP contribution in [-0.2, 0) is 6.42 Å². The van der Waals surface area contributed by atoms with Crippen molar-refractivity contribution < 1.29 is 9.25 Å². The first-order chi connectivity index (χ1) is 13.2. The van der Waals surface area contributed by atoms with Gasteiger partial charge in [-0.2, -0.15) is 4.98 Å². The van der Waals surface area contributed by atoms with Crippen LogP contribution in [0.1, 0.15) is 51.0 Å². The Morgan fingerprint density at radius 2 is 2.22 bits per heavy atom. The first-order valence-corrected chi connectivity index (χ1v) is 9.35. The molecule has 140 valence electrons. The summed E-state index contributed by atoms with van der Waals surface area (Å²) >= 11 is 0. The monoisotopic (exact) mass is 367 g/mol. The molecule has 0 saturated heterocycles. The zero-order chi connectivity index (χ0) is 18.8. The van der Waals surface area contributed by atoms with Crippen LogP contribution in [0.2, 0.25) is 0 Å². The van der Waals surface area contributed by atoms with Gasteiger partial charge in [0, 0.05) is 6.07 Å². The zero-order valence-electron chi connectivity index (χ0n) is 15.2. The molecule has 2 aromatic rings. The molecule has 0 saturated carbocycles. The molecule has 0 aromatic carbocycles. The molecule has 2 aliphatic carbocycles. The van der Waals surface area contributed by atoms with Gasteiger partial charge in [0.05, 0.1) is 5.71 Å². The van der Waals surface area contributed by atoms with Crippen molar-refractivity contribution in [2.45, 2.75) is 51.9 Å². The van der Waals surface area contributed by atoms with E-state index in [2.05, 4.69) is 27.3 Å². The van der Waals surface area contributed by atoms with Gasteiger partial charge in [-0.05, 0) is 49.7 Å². The predicted molar refractivity (Wildman–Crippen MR) is 102 cm³/mol. The van der Waals surface area contributed by atoms with E-state index < -0.39 is 11.2 Å². The number of allylic oxidation sites excluding steroid dienone is 4. The highest BCUT2D eigenvalue weighted by Crippen LogP contribution is 2.31. The maximum Gasteiger partial charge on any atom is 0.337 e. The van der Waals surface area contributed by atoms with E-state index in [9.17, 15) is 9.59 Å². The number of hydrogen-bond donors (Lipinski definition) is 1. The van der Waals surface area contributed by atoms with E-state index in [4.69, 9.17) is 9.25 Å². The summed E-state index contributed by atoms with van der Waals surface area (Å²) in [6.45, 7) is 2.05. The summed E-state index contributed by atoms with van der Waals surface area (Å²) in [7, 11) is 0. The highest BCUT2D eigenvalue weighted by molar-refractivity contribution is 6.04. The topological polar surface area (TPSA) is 97.5 Å². The van der Waals surface area contributed by atoms with E-state index in [1.165, 1.54) is 11.6 Å². The van der Waals surface area contributed by atoms with Gasteiger partial charge in [-0.1, -0.05) is 36.2 Å². The molecule has 4 rings (SSSR count).